The molecule has 26 heavy (non-hydrogen) atoms. The largest absolute Gasteiger partial charge is 0.455 e. The summed E-state index contributed by atoms with van der Waals surface area (Å²) >= 11 is 5.79. The zero-order valence-corrected chi connectivity index (χ0v) is 15.2. The van der Waals surface area contributed by atoms with Gasteiger partial charge in [-0.1, -0.05) is 48.4 Å². The quantitative estimate of drug-likeness (QED) is 0.260. The molecule has 0 spiro atoms. The fraction of sp³-hybridized carbons (Fsp3) is 0.286. The minimum Gasteiger partial charge on any atom is -0.455 e. The van der Waals surface area contributed by atoms with E-state index in [0.717, 1.165) is 5.56 Å². The first-order valence-corrected chi connectivity index (χ1v) is 8.96. The molecule has 2 aromatic rings. The van der Waals surface area contributed by atoms with Gasteiger partial charge in [-0.05, 0) is 42.7 Å². The lowest BCUT2D eigenvalue weighted by atomic mass is 10.0. The molecule has 0 aliphatic rings. The normalized spacial score (nSPS) is 10.3. The van der Waals surface area contributed by atoms with Crippen LogP contribution in [0.25, 0.3) is 0 Å². The van der Waals surface area contributed by atoms with Crippen LogP contribution in [-0.2, 0) is 20.9 Å². The van der Waals surface area contributed by atoms with Crippen LogP contribution in [0.15, 0.2) is 54.6 Å². The van der Waals surface area contributed by atoms with E-state index in [0.29, 0.717) is 36.3 Å². The van der Waals surface area contributed by atoms with Gasteiger partial charge in [0.25, 0.3) is 0 Å². The second kappa shape index (κ2) is 10.5. The number of benzene rings is 2. The van der Waals surface area contributed by atoms with Gasteiger partial charge in [0.15, 0.2) is 5.78 Å². The SMILES string of the molecule is O=C(CCCCCC(=O)c1ccc(Cl)cc1)C(=O)OCc1ccccc1. The van der Waals surface area contributed by atoms with Gasteiger partial charge in [0.05, 0.1) is 0 Å². The molecule has 0 aromatic heterocycles. The summed E-state index contributed by atoms with van der Waals surface area (Å²) in [4.78, 5) is 35.4. The number of rotatable bonds is 10. The molecule has 0 aliphatic heterocycles. The van der Waals surface area contributed by atoms with Crippen LogP contribution in [-0.4, -0.2) is 17.5 Å². The lowest BCUT2D eigenvalue weighted by molar-refractivity contribution is -0.154. The monoisotopic (exact) mass is 372 g/mol. The van der Waals surface area contributed by atoms with Crippen LogP contribution in [0.2, 0.25) is 5.02 Å². The van der Waals surface area contributed by atoms with Gasteiger partial charge in [0.1, 0.15) is 6.61 Å². The van der Waals surface area contributed by atoms with E-state index in [4.69, 9.17) is 16.3 Å². The highest BCUT2D eigenvalue weighted by Crippen LogP contribution is 2.13. The fourth-order valence-corrected chi connectivity index (χ4v) is 2.56. The summed E-state index contributed by atoms with van der Waals surface area (Å²) in [7, 11) is 0. The average Bonchev–Trinajstić information content (AvgIpc) is 2.66. The van der Waals surface area contributed by atoms with Gasteiger partial charge in [-0.15, -0.1) is 0 Å². The minimum atomic E-state index is -0.800. The first-order chi connectivity index (χ1) is 12.6. The van der Waals surface area contributed by atoms with E-state index >= 15 is 0 Å². The molecule has 0 amide bonds. The Balaban J connectivity index is 1.60. The Hall–Kier alpha value is -2.46. The zero-order chi connectivity index (χ0) is 18.8. The van der Waals surface area contributed by atoms with Crippen LogP contribution < -0.4 is 0 Å². The molecular weight excluding hydrogens is 352 g/mol. The van der Waals surface area contributed by atoms with Gasteiger partial charge in [0, 0.05) is 23.4 Å². The van der Waals surface area contributed by atoms with Crippen LogP contribution in [0, 0.1) is 0 Å². The predicted octanol–water partition coefficient (Wildman–Crippen LogP) is 4.79. The third-order valence-corrected chi connectivity index (χ3v) is 4.17. The summed E-state index contributed by atoms with van der Waals surface area (Å²) in [5, 5.41) is 0.596. The van der Waals surface area contributed by atoms with Crippen molar-refractivity contribution in [1.82, 2.24) is 0 Å². The molecule has 0 N–H and O–H groups in total. The van der Waals surface area contributed by atoms with E-state index < -0.39 is 11.8 Å². The number of hydrogen-bond donors (Lipinski definition) is 0. The number of esters is 1. The number of halogens is 1. The summed E-state index contributed by atoms with van der Waals surface area (Å²) in [6.45, 7) is 0.0982. The number of ether oxygens (including phenoxy) is 1. The van der Waals surface area contributed by atoms with Gasteiger partial charge in [0.2, 0.25) is 5.78 Å². The summed E-state index contributed by atoms with van der Waals surface area (Å²) in [5.41, 5.74) is 1.48. The van der Waals surface area contributed by atoms with Crippen molar-refractivity contribution in [3.05, 3.63) is 70.7 Å². The molecule has 0 saturated heterocycles. The van der Waals surface area contributed by atoms with Crippen LogP contribution >= 0.6 is 11.6 Å². The average molecular weight is 373 g/mol. The maximum Gasteiger partial charge on any atom is 0.374 e. The topological polar surface area (TPSA) is 60.4 Å². The fourth-order valence-electron chi connectivity index (χ4n) is 2.43. The van der Waals surface area contributed by atoms with Crippen LogP contribution in [0.5, 0.6) is 0 Å². The Morgan fingerprint density at radius 2 is 1.46 bits per heavy atom. The molecule has 0 heterocycles. The molecular formula is C21H21ClO4. The Labute approximate surface area is 158 Å². The van der Waals surface area contributed by atoms with Gasteiger partial charge < -0.3 is 4.74 Å². The van der Waals surface area contributed by atoms with E-state index in [9.17, 15) is 14.4 Å². The molecule has 4 nitrogen and oxygen atoms in total. The van der Waals surface area contributed by atoms with Gasteiger partial charge >= 0.3 is 5.97 Å². The van der Waals surface area contributed by atoms with Crippen molar-refractivity contribution in [2.75, 3.05) is 0 Å². The van der Waals surface area contributed by atoms with Crippen LogP contribution in [0.3, 0.4) is 0 Å². The van der Waals surface area contributed by atoms with E-state index in [1.807, 2.05) is 30.3 Å². The van der Waals surface area contributed by atoms with Crippen molar-refractivity contribution < 1.29 is 19.1 Å². The standard InChI is InChI=1S/C21H21ClO4/c22-18-13-11-17(12-14-18)19(23)9-5-2-6-10-20(24)21(25)26-15-16-7-3-1-4-8-16/h1,3-4,7-8,11-14H,2,5-6,9-10,15H2. The molecule has 2 aromatic carbocycles. The summed E-state index contributed by atoms with van der Waals surface area (Å²) < 4.78 is 5.00. The van der Waals surface area contributed by atoms with Gasteiger partial charge in [-0.3, -0.25) is 9.59 Å². The third kappa shape index (κ3) is 6.81. The summed E-state index contributed by atoms with van der Waals surface area (Å²) in [6.07, 6.45) is 2.50. The third-order valence-electron chi connectivity index (χ3n) is 3.91. The molecule has 0 saturated carbocycles. The summed E-state index contributed by atoms with van der Waals surface area (Å²) in [5.74, 6) is -1.27. The van der Waals surface area contributed by atoms with Crippen molar-refractivity contribution >= 4 is 29.1 Å². The highest BCUT2D eigenvalue weighted by molar-refractivity contribution is 6.33. The molecule has 5 heteroatoms. The van der Waals surface area contributed by atoms with E-state index in [1.54, 1.807) is 24.3 Å². The molecule has 0 unspecified atom stereocenters. The summed E-state index contributed by atoms with van der Waals surface area (Å²) in [6, 6.07) is 16.0. The van der Waals surface area contributed by atoms with E-state index in [2.05, 4.69) is 0 Å². The smallest absolute Gasteiger partial charge is 0.374 e. The first-order valence-electron chi connectivity index (χ1n) is 8.59. The van der Waals surface area contributed by atoms with Gasteiger partial charge in [-0.2, -0.15) is 0 Å². The molecule has 2 rings (SSSR count). The van der Waals surface area contributed by atoms with Crippen LogP contribution in [0.1, 0.15) is 48.0 Å². The lowest BCUT2D eigenvalue weighted by Crippen LogP contribution is -2.17. The molecule has 0 radical (unpaired) electrons. The highest BCUT2D eigenvalue weighted by atomic mass is 35.5. The first kappa shape index (κ1) is 19.9. The minimum absolute atomic E-state index is 0.0512. The maximum absolute atomic E-state index is 12.0. The lowest BCUT2D eigenvalue weighted by Gasteiger charge is -2.04. The van der Waals surface area contributed by atoms with E-state index in [1.165, 1.54) is 0 Å². The number of hydrogen-bond acceptors (Lipinski definition) is 4. The van der Waals surface area contributed by atoms with Crippen molar-refractivity contribution in [2.45, 2.75) is 38.7 Å². The molecule has 0 atom stereocenters. The van der Waals surface area contributed by atoms with Crippen molar-refractivity contribution in [3.8, 4) is 0 Å². The second-order valence-electron chi connectivity index (χ2n) is 5.98. The number of unbranched alkanes of at least 4 members (excludes halogenated alkanes) is 2. The number of carbonyl (C=O) groups excluding carboxylic acids is 3. The van der Waals surface area contributed by atoms with Crippen molar-refractivity contribution in [3.63, 3.8) is 0 Å². The van der Waals surface area contributed by atoms with Crippen molar-refractivity contribution in [2.24, 2.45) is 0 Å². The molecule has 136 valence electrons. The molecule has 0 bridgehead atoms. The molecule has 0 aliphatic carbocycles. The Bertz CT molecular complexity index is 738. The Kier molecular flexibility index (Phi) is 8.03. The second-order valence-corrected chi connectivity index (χ2v) is 6.41. The molecule has 0 fully saturated rings. The van der Waals surface area contributed by atoms with Crippen LogP contribution in [0.4, 0.5) is 0 Å². The van der Waals surface area contributed by atoms with Gasteiger partial charge in [-0.25, -0.2) is 4.79 Å². The Morgan fingerprint density at radius 3 is 2.15 bits per heavy atom. The number of Topliss-reactive ketones (excluding diaryl/α,β-unsaturated/α-hetero) is 2. The highest BCUT2D eigenvalue weighted by Gasteiger charge is 2.15. The van der Waals surface area contributed by atoms with Crippen molar-refractivity contribution in [1.29, 1.82) is 0 Å². The van der Waals surface area contributed by atoms with E-state index in [-0.39, 0.29) is 18.8 Å². The number of carbonyl (C=O) groups is 3. The Morgan fingerprint density at radius 1 is 0.808 bits per heavy atom. The predicted molar refractivity (Wildman–Crippen MR) is 100 cm³/mol. The number of ketones is 2. The zero-order valence-electron chi connectivity index (χ0n) is 14.4. The maximum atomic E-state index is 12.0.